The van der Waals surface area contributed by atoms with Crippen molar-refractivity contribution >= 4 is 11.7 Å². The minimum atomic E-state index is -0.995. The van der Waals surface area contributed by atoms with Gasteiger partial charge in [-0.25, -0.2) is 4.79 Å². The highest BCUT2D eigenvalue weighted by molar-refractivity contribution is 5.95. The topological polar surface area (TPSA) is 86.8 Å². The number of rotatable bonds is 6. The lowest BCUT2D eigenvalue weighted by molar-refractivity contribution is 0.0689. The van der Waals surface area contributed by atoms with Crippen molar-refractivity contribution in [2.24, 2.45) is 0 Å². The molecule has 2 rings (SSSR count). The monoisotopic (exact) mass is 264 g/mol. The summed E-state index contributed by atoms with van der Waals surface area (Å²) < 4.78 is 0. The van der Waals surface area contributed by atoms with Crippen molar-refractivity contribution in [1.82, 2.24) is 4.90 Å². The van der Waals surface area contributed by atoms with Crippen molar-refractivity contribution in [3.63, 3.8) is 0 Å². The molecule has 0 atom stereocenters. The van der Waals surface area contributed by atoms with Gasteiger partial charge in [-0.05, 0) is 24.5 Å². The average molecular weight is 264 g/mol. The second-order valence-corrected chi connectivity index (χ2v) is 4.97. The fraction of sp³-hybridized carbons (Fsp3) is 0.500. The molecule has 0 bridgehead atoms. The van der Waals surface area contributed by atoms with Gasteiger partial charge in [-0.15, -0.1) is 0 Å². The molecule has 0 amide bonds. The first-order valence-corrected chi connectivity index (χ1v) is 6.59. The number of aliphatic hydroxyl groups excluding tert-OH is 1. The number of hydrogen-bond acceptors (Lipinski definition) is 4. The minimum absolute atomic E-state index is 0.0845. The molecule has 1 fully saturated rings. The number of carboxylic acid groups (broad SMARTS) is 1. The van der Waals surface area contributed by atoms with E-state index in [1.165, 1.54) is 6.42 Å². The molecular weight excluding hydrogens is 244 g/mol. The van der Waals surface area contributed by atoms with Gasteiger partial charge in [0.05, 0.1) is 12.2 Å². The SMILES string of the molecule is Nc1cccc(CN(CCO)C2CCC2)c1C(=O)O. The number of hydrogen-bond donors (Lipinski definition) is 3. The Morgan fingerprint density at radius 2 is 2.16 bits per heavy atom. The molecule has 104 valence electrons. The van der Waals surface area contributed by atoms with Gasteiger partial charge < -0.3 is 15.9 Å². The molecule has 1 saturated carbocycles. The second kappa shape index (κ2) is 6.04. The van der Waals surface area contributed by atoms with E-state index in [9.17, 15) is 9.90 Å². The Hall–Kier alpha value is -1.59. The zero-order valence-electron chi connectivity index (χ0n) is 10.9. The van der Waals surface area contributed by atoms with Gasteiger partial charge >= 0.3 is 5.97 Å². The Labute approximate surface area is 112 Å². The number of carbonyl (C=O) groups is 1. The van der Waals surface area contributed by atoms with Crippen LogP contribution in [0.2, 0.25) is 0 Å². The highest BCUT2D eigenvalue weighted by Crippen LogP contribution is 2.27. The molecule has 1 aromatic rings. The highest BCUT2D eigenvalue weighted by Gasteiger charge is 2.26. The first kappa shape index (κ1) is 13.8. The van der Waals surface area contributed by atoms with Crippen LogP contribution < -0.4 is 5.73 Å². The fourth-order valence-electron chi connectivity index (χ4n) is 2.50. The Morgan fingerprint density at radius 3 is 2.68 bits per heavy atom. The summed E-state index contributed by atoms with van der Waals surface area (Å²) in [5.74, 6) is -0.995. The third-order valence-electron chi connectivity index (χ3n) is 3.75. The molecule has 1 aliphatic rings. The van der Waals surface area contributed by atoms with Crippen molar-refractivity contribution in [3.8, 4) is 0 Å². The summed E-state index contributed by atoms with van der Waals surface area (Å²) in [4.78, 5) is 13.4. The Kier molecular flexibility index (Phi) is 4.39. The zero-order valence-corrected chi connectivity index (χ0v) is 10.9. The molecule has 0 unspecified atom stereocenters. The van der Waals surface area contributed by atoms with E-state index >= 15 is 0 Å². The summed E-state index contributed by atoms with van der Waals surface area (Å²) in [6.45, 7) is 1.18. The Morgan fingerprint density at radius 1 is 1.42 bits per heavy atom. The molecule has 4 N–H and O–H groups in total. The zero-order chi connectivity index (χ0) is 13.8. The van der Waals surface area contributed by atoms with E-state index in [1.807, 2.05) is 0 Å². The molecule has 1 aliphatic carbocycles. The van der Waals surface area contributed by atoms with E-state index in [0.29, 0.717) is 30.4 Å². The number of carboxylic acids is 1. The van der Waals surface area contributed by atoms with Crippen LogP contribution in [-0.2, 0) is 6.54 Å². The largest absolute Gasteiger partial charge is 0.478 e. The molecule has 5 heteroatoms. The number of benzene rings is 1. The van der Waals surface area contributed by atoms with Crippen molar-refractivity contribution in [2.75, 3.05) is 18.9 Å². The van der Waals surface area contributed by atoms with Crippen LogP contribution in [0.3, 0.4) is 0 Å². The molecule has 0 radical (unpaired) electrons. The molecule has 0 aliphatic heterocycles. The van der Waals surface area contributed by atoms with E-state index < -0.39 is 5.97 Å². The molecular formula is C14H20N2O3. The van der Waals surface area contributed by atoms with Crippen LogP contribution in [-0.4, -0.2) is 40.3 Å². The number of nitrogens with two attached hydrogens (primary N) is 1. The van der Waals surface area contributed by atoms with Gasteiger partial charge in [0.2, 0.25) is 0 Å². The van der Waals surface area contributed by atoms with Gasteiger partial charge in [-0.1, -0.05) is 18.6 Å². The summed E-state index contributed by atoms with van der Waals surface area (Å²) in [5.41, 5.74) is 6.94. The lowest BCUT2D eigenvalue weighted by Crippen LogP contribution is -2.41. The smallest absolute Gasteiger partial charge is 0.338 e. The van der Waals surface area contributed by atoms with Crippen LogP contribution in [0.15, 0.2) is 18.2 Å². The van der Waals surface area contributed by atoms with Crippen molar-refractivity contribution in [2.45, 2.75) is 31.8 Å². The second-order valence-electron chi connectivity index (χ2n) is 4.97. The predicted octanol–water partition coefficient (Wildman–Crippen LogP) is 1.31. The highest BCUT2D eigenvalue weighted by atomic mass is 16.4. The van der Waals surface area contributed by atoms with Crippen LogP contribution in [0.1, 0.15) is 35.2 Å². The third kappa shape index (κ3) is 3.05. The van der Waals surface area contributed by atoms with E-state index in [2.05, 4.69) is 4.90 Å². The Balaban J connectivity index is 2.20. The summed E-state index contributed by atoms with van der Waals surface area (Å²) in [5, 5.41) is 18.4. The van der Waals surface area contributed by atoms with Gasteiger partial charge in [-0.3, -0.25) is 4.90 Å². The fourth-order valence-corrected chi connectivity index (χ4v) is 2.50. The predicted molar refractivity (Wildman–Crippen MR) is 72.9 cm³/mol. The van der Waals surface area contributed by atoms with Crippen molar-refractivity contribution in [1.29, 1.82) is 0 Å². The lowest BCUT2D eigenvalue weighted by Gasteiger charge is -2.37. The Bertz CT molecular complexity index is 458. The van der Waals surface area contributed by atoms with E-state index in [0.717, 1.165) is 12.8 Å². The first-order chi connectivity index (χ1) is 9.13. The summed E-state index contributed by atoms with van der Waals surface area (Å²) in [6.07, 6.45) is 3.44. The summed E-state index contributed by atoms with van der Waals surface area (Å²) in [7, 11) is 0. The number of aliphatic hydroxyl groups is 1. The normalized spacial score (nSPS) is 15.5. The van der Waals surface area contributed by atoms with Crippen LogP contribution in [0.4, 0.5) is 5.69 Å². The van der Waals surface area contributed by atoms with Crippen LogP contribution >= 0.6 is 0 Å². The molecule has 0 aromatic heterocycles. The number of nitrogens with zero attached hydrogens (tertiary/aromatic N) is 1. The standard InChI is InChI=1S/C14H20N2O3/c15-12-6-1-3-10(13(12)14(18)19)9-16(7-8-17)11-4-2-5-11/h1,3,6,11,17H,2,4-5,7-9,15H2,(H,18,19). The third-order valence-corrected chi connectivity index (χ3v) is 3.75. The molecule has 19 heavy (non-hydrogen) atoms. The van der Waals surface area contributed by atoms with Crippen LogP contribution in [0.25, 0.3) is 0 Å². The number of aromatic carboxylic acids is 1. The number of anilines is 1. The van der Waals surface area contributed by atoms with Gasteiger partial charge in [0, 0.05) is 24.8 Å². The molecule has 1 aromatic carbocycles. The van der Waals surface area contributed by atoms with Gasteiger partial charge in [0.15, 0.2) is 0 Å². The van der Waals surface area contributed by atoms with Crippen molar-refractivity contribution in [3.05, 3.63) is 29.3 Å². The van der Waals surface area contributed by atoms with E-state index in [4.69, 9.17) is 10.8 Å². The average Bonchev–Trinajstić information content (AvgIpc) is 2.26. The molecule has 0 saturated heterocycles. The maximum atomic E-state index is 11.3. The van der Waals surface area contributed by atoms with E-state index in [1.54, 1.807) is 18.2 Å². The first-order valence-electron chi connectivity index (χ1n) is 6.59. The maximum absolute atomic E-state index is 11.3. The molecule has 0 heterocycles. The van der Waals surface area contributed by atoms with Gasteiger partial charge in [-0.2, -0.15) is 0 Å². The van der Waals surface area contributed by atoms with Gasteiger partial charge in [0.1, 0.15) is 0 Å². The van der Waals surface area contributed by atoms with E-state index in [-0.39, 0.29) is 12.2 Å². The molecule has 5 nitrogen and oxygen atoms in total. The summed E-state index contributed by atoms with van der Waals surface area (Å²) >= 11 is 0. The minimum Gasteiger partial charge on any atom is -0.478 e. The van der Waals surface area contributed by atoms with Crippen LogP contribution in [0.5, 0.6) is 0 Å². The quantitative estimate of drug-likeness (QED) is 0.674. The lowest BCUT2D eigenvalue weighted by atomic mass is 9.90. The van der Waals surface area contributed by atoms with Gasteiger partial charge in [0.25, 0.3) is 0 Å². The van der Waals surface area contributed by atoms with Crippen molar-refractivity contribution < 1.29 is 15.0 Å². The number of nitrogen functional groups attached to an aromatic ring is 1. The van der Waals surface area contributed by atoms with Crippen LogP contribution in [0, 0.1) is 0 Å². The molecule has 0 spiro atoms. The maximum Gasteiger partial charge on any atom is 0.338 e. The summed E-state index contributed by atoms with van der Waals surface area (Å²) in [6, 6.07) is 5.63.